The Morgan fingerprint density at radius 1 is 1.33 bits per heavy atom. The van der Waals surface area contributed by atoms with Gasteiger partial charge in [-0.15, -0.1) is 11.3 Å². The predicted octanol–water partition coefficient (Wildman–Crippen LogP) is 3.31. The van der Waals surface area contributed by atoms with Crippen molar-refractivity contribution in [2.75, 3.05) is 7.05 Å². The van der Waals surface area contributed by atoms with E-state index >= 15 is 0 Å². The van der Waals surface area contributed by atoms with Gasteiger partial charge in [-0.2, -0.15) is 0 Å². The van der Waals surface area contributed by atoms with Crippen LogP contribution in [0.4, 0.5) is 0 Å². The van der Waals surface area contributed by atoms with Gasteiger partial charge >= 0.3 is 0 Å². The second kappa shape index (κ2) is 5.98. The number of hydrogen-bond acceptors (Lipinski definition) is 4. The lowest BCUT2D eigenvalue weighted by Crippen LogP contribution is -2.11. The van der Waals surface area contributed by atoms with Crippen LogP contribution in [0.1, 0.15) is 29.2 Å². The van der Waals surface area contributed by atoms with Crippen LogP contribution in [0.15, 0.2) is 29.6 Å². The molecule has 18 heavy (non-hydrogen) atoms. The van der Waals surface area contributed by atoms with E-state index in [1.165, 1.54) is 5.56 Å². The van der Waals surface area contributed by atoms with Crippen molar-refractivity contribution < 1.29 is 4.74 Å². The molecule has 1 atom stereocenters. The van der Waals surface area contributed by atoms with Gasteiger partial charge in [-0.1, -0.05) is 12.1 Å². The molecule has 4 heteroatoms. The van der Waals surface area contributed by atoms with Gasteiger partial charge in [0, 0.05) is 11.4 Å². The molecule has 0 radical (unpaired) electrons. The van der Waals surface area contributed by atoms with E-state index in [2.05, 4.69) is 29.4 Å². The van der Waals surface area contributed by atoms with Crippen molar-refractivity contribution in [1.82, 2.24) is 10.3 Å². The summed E-state index contributed by atoms with van der Waals surface area (Å²) in [5, 5.41) is 6.32. The number of ether oxygens (including phenoxy) is 1. The topological polar surface area (TPSA) is 34.1 Å². The van der Waals surface area contributed by atoms with Crippen LogP contribution in [-0.4, -0.2) is 12.0 Å². The Kier molecular flexibility index (Phi) is 4.33. The van der Waals surface area contributed by atoms with Gasteiger partial charge in [0.2, 0.25) is 0 Å². The van der Waals surface area contributed by atoms with E-state index in [0.29, 0.717) is 12.6 Å². The summed E-state index contributed by atoms with van der Waals surface area (Å²) in [6.45, 7) is 4.67. The fourth-order valence-corrected chi connectivity index (χ4v) is 2.25. The average molecular weight is 262 g/mol. The first-order valence-electron chi connectivity index (χ1n) is 6.00. The van der Waals surface area contributed by atoms with Crippen LogP contribution < -0.4 is 10.1 Å². The minimum absolute atomic E-state index is 0.361. The highest BCUT2D eigenvalue weighted by atomic mass is 32.1. The highest BCUT2D eigenvalue weighted by molar-refractivity contribution is 7.09. The molecule has 0 aliphatic heterocycles. The number of hydrogen-bond donors (Lipinski definition) is 1. The van der Waals surface area contributed by atoms with E-state index in [1.807, 2.05) is 31.5 Å². The summed E-state index contributed by atoms with van der Waals surface area (Å²) in [5.74, 6) is 0.882. The predicted molar refractivity (Wildman–Crippen MR) is 75.1 cm³/mol. The van der Waals surface area contributed by atoms with E-state index in [-0.39, 0.29) is 0 Å². The summed E-state index contributed by atoms with van der Waals surface area (Å²) in [4.78, 5) is 4.37. The number of aryl methyl sites for hydroxylation is 1. The van der Waals surface area contributed by atoms with Crippen molar-refractivity contribution >= 4 is 11.3 Å². The fraction of sp³-hybridized carbons (Fsp3) is 0.357. The van der Waals surface area contributed by atoms with Crippen LogP contribution in [0.3, 0.4) is 0 Å². The van der Waals surface area contributed by atoms with Gasteiger partial charge < -0.3 is 10.1 Å². The van der Waals surface area contributed by atoms with Crippen LogP contribution >= 0.6 is 11.3 Å². The third-order valence-electron chi connectivity index (χ3n) is 2.87. The second-order valence-corrected chi connectivity index (χ2v) is 5.29. The largest absolute Gasteiger partial charge is 0.487 e. The summed E-state index contributed by atoms with van der Waals surface area (Å²) in [7, 11) is 1.96. The zero-order chi connectivity index (χ0) is 13.0. The van der Waals surface area contributed by atoms with E-state index in [4.69, 9.17) is 4.74 Å². The number of nitrogens with one attached hydrogen (secondary N) is 1. The zero-order valence-electron chi connectivity index (χ0n) is 10.9. The average Bonchev–Trinajstić information content (AvgIpc) is 2.82. The van der Waals surface area contributed by atoms with Crippen LogP contribution in [0.25, 0.3) is 0 Å². The van der Waals surface area contributed by atoms with E-state index < -0.39 is 0 Å². The first-order chi connectivity index (χ1) is 8.69. The van der Waals surface area contributed by atoms with Gasteiger partial charge in [-0.25, -0.2) is 4.98 Å². The van der Waals surface area contributed by atoms with Crippen molar-refractivity contribution in [2.45, 2.75) is 26.5 Å². The Balaban J connectivity index is 1.94. The summed E-state index contributed by atoms with van der Waals surface area (Å²) >= 11 is 1.65. The van der Waals surface area contributed by atoms with E-state index in [9.17, 15) is 0 Å². The maximum atomic E-state index is 5.70. The third-order valence-corrected chi connectivity index (χ3v) is 3.69. The molecule has 0 bridgehead atoms. The molecule has 0 aliphatic carbocycles. The highest BCUT2D eigenvalue weighted by Gasteiger charge is 2.03. The Morgan fingerprint density at radius 2 is 2.06 bits per heavy atom. The minimum Gasteiger partial charge on any atom is -0.487 e. The lowest BCUT2D eigenvalue weighted by molar-refractivity contribution is 0.302. The zero-order valence-corrected chi connectivity index (χ0v) is 11.8. The molecule has 1 N–H and O–H groups in total. The summed E-state index contributed by atoms with van der Waals surface area (Å²) < 4.78 is 5.70. The summed E-state index contributed by atoms with van der Waals surface area (Å²) in [6, 6.07) is 8.54. The molecule has 1 unspecified atom stereocenters. The van der Waals surface area contributed by atoms with Crippen LogP contribution in [0, 0.1) is 6.92 Å². The standard InChI is InChI=1S/C14H18N2OS/c1-10(15-3)12-4-6-14(7-5-12)17-8-13-9-18-11(2)16-13/h4-7,9-10,15H,8H2,1-3H3. The number of aromatic nitrogens is 1. The van der Waals surface area contributed by atoms with Crippen molar-refractivity contribution in [2.24, 2.45) is 0 Å². The molecule has 2 aromatic rings. The smallest absolute Gasteiger partial charge is 0.131 e. The Bertz CT molecular complexity index is 493. The van der Waals surface area contributed by atoms with Gasteiger partial charge in [0.15, 0.2) is 0 Å². The molecule has 0 aliphatic rings. The van der Waals surface area contributed by atoms with Gasteiger partial charge in [0.1, 0.15) is 12.4 Å². The summed E-state index contributed by atoms with van der Waals surface area (Å²) in [5.41, 5.74) is 2.25. The van der Waals surface area contributed by atoms with Crippen LogP contribution in [0.2, 0.25) is 0 Å². The molecule has 3 nitrogen and oxygen atoms in total. The molecule has 2 rings (SSSR count). The Labute approximate surface area is 112 Å². The molecule has 0 fully saturated rings. The second-order valence-electron chi connectivity index (χ2n) is 4.23. The van der Waals surface area contributed by atoms with Crippen LogP contribution in [0.5, 0.6) is 5.75 Å². The molecule has 0 saturated carbocycles. The number of rotatable bonds is 5. The minimum atomic E-state index is 0.361. The fourth-order valence-electron chi connectivity index (χ4n) is 1.65. The van der Waals surface area contributed by atoms with Gasteiger partial charge in [0.05, 0.1) is 10.7 Å². The molecule has 1 aromatic heterocycles. The van der Waals surface area contributed by atoms with E-state index in [1.54, 1.807) is 11.3 Å². The molecule has 1 aromatic carbocycles. The Hall–Kier alpha value is -1.39. The lowest BCUT2D eigenvalue weighted by Gasteiger charge is -2.11. The maximum absolute atomic E-state index is 5.70. The SMILES string of the molecule is CNC(C)c1ccc(OCc2csc(C)n2)cc1. The number of benzene rings is 1. The van der Waals surface area contributed by atoms with Crippen molar-refractivity contribution in [3.63, 3.8) is 0 Å². The van der Waals surface area contributed by atoms with Gasteiger partial charge in [-0.3, -0.25) is 0 Å². The molecule has 1 heterocycles. The quantitative estimate of drug-likeness (QED) is 0.897. The van der Waals surface area contributed by atoms with Gasteiger partial charge in [-0.05, 0) is 38.6 Å². The first kappa shape index (κ1) is 13.1. The summed E-state index contributed by atoms with van der Waals surface area (Å²) in [6.07, 6.45) is 0. The number of nitrogens with zero attached hydrogens (tertiary/aromatic N) is 1. The number of thiazole rings is 1. The maximum Gasteiger partial charge on any atom is 0.131 e. The van der Waals surface area contributed by atoms with Crippen molar-refractivity contribution in [3.05, 3.63) is 45.9 Å². The third kappa shape index (κ3) is 3.31. The molecular weight excluding hydrogens is 244 g/mol. The van der Waals surface area contributed by atoms with Gasteiger partial charge in [0.25, 0.3) is 0 Å². The Morgan fingerprint density at radius 3 is 2.61 bits per heavy atom. The lowest BCUT2D eigenvalue weighted by atomic mass is 10.1. The van der Waals surface area contributed by atoms with Crippen LogP contribution in [-0.2, 0) is 6.61 Å². The highest BCUT2D eigenvalue weighted by Crippen LogP contribution is 2.18. The van der Waals surface area contributed by atoms with Crippen molar-refractivity contribution in [3.8, 4) is 5.75 Å². The van der Waals surface area contributed by atoms with Crippen molar-refractivity contribution in [1.29, 1.82) is 0 Å². The first-order valence-corrected chi connectivity index (χ1v) is 6.88. The normalized spacial score (nSPS) is 12.4. The molecule has 0 amide bonds. The molecule has 0 saturated heterocycles. The molecule has 96 valence electrons. The monoisotopic (exact) mass is 262 g/mol. The molecule has 0 spiro atoms. The van der Waals surface area contributed by atoms with E-state index in [0.717, 1.165) is 16.5 Å². The molecular formula is C14H18N2OS.